The van der Waals surface area contributed by atoms with Crippen LogP contribution in [0.4, 0.5) is 5.69 Å². The van der Waals surface area contributed by atoms with Crippen LogP contribution < -0.4 is 11.1 Å². The van der Waals surface area contributed by atoms with Crippen molar-refractivity contribution in [3.05, 3.63) is 29.8 Å². The third-order valence-corrected chi connectivity index (χ3v) is 2.85. The summed E-state index contributed by atoms with van der Waals surface area (Å²) in [6.45, 7) is 3.12. The summed E-state index contributed by atoms with van der Waals surface area (Å²) in [5.41, 5.74) is 7.32. The molecular formula is C13H18N2O3. The first-order chi connectivity index (χ1) is 8.70. The number of anilines is 1. The molecule has 18 heavy (non-hydrogen) atoms. The van der Waals surface area contributed by atoms with Crippen molar-refractivity contribution in [2.24, 2.45) is 5.73 Å². The minimum Gasteiger partial charge on any atom is -0.346 e. The molecule has 1 atom stereocenters. The molecule has 1 heterocycles. The lowest BCUT2D eigenvalue weighted by Gasteiger charge is -2.12. The van der Waals surface area contributed by atoms with E-state index in [4.69, 9.17) is 15.2 Å². The zero-order chi connectivity index (χ0) is 13.0. The van der Waals surface area contributed by atoms with E-state index in [-0.39, 0.29) is 12.2 Å². The SMILES string of the molecule is CC[C@H](N)C(=O)Nc1ccc(C2OCCO2)cc1. The smallest absolute Gasteiger partial charge is 0.241 e. The standard InChI is InChI=1S/C13H18N2O3/c1-2-11(14)12(16)15-10-5-3-9(4-6-10)13-17-7-8-18-13/h3-6,11,13H,2,7-8,14H2,1H3,(H,15,16)/t11-/m0/s1. The van der Waals surface area contributed by atoms with E-state index < -0.39 is 6.04 Å². The van der Waals surface area contributed by atoms with Gasteiger partial charge >= 0.3 is 0 Å². The Hall–Kier alpha value is -1.43. The molecule has 0 unspecified atom stereocenters. The van der Waals surface area contributed by atoms with Crippen LogP contribution in [0.5, 0.6) is 0 Å². The number of nitrogens with two attached hydrogens (primary N) is 1. The molecule has 3 N–H and O–H groups in total. The van der Waals surface area contributed by atoms with Gasteiger partial charge in [0.2, 0.25) is 5.91 Å². The predicted octanol–water partition coefficient (Wildman–Crippen LogP) is 1.41. The summed E-state index contributed by atoms with van der Waals surface area (Å²) >= 11 is 0. The summed E-state index contributed by atoms with van der Waals surface area (Å²) in [4.78, 5) is 11.6. The first kappa shape index (κ1) is 13.0. The number of rotatable bonds is 4. The molecule has 0 spiro atoms. The number of amides is 1. The molecule has 1 aliphatic heterocycles. The minimum atomic E-state index is -0.467. The number of benzene rings is 1. The van der Waals surface area contributed by atoms with Crippen LogP contribution in [0.2, 0.25) is 0 Å². The van der Waals surface area contributed by atoms with E-state index in [1.54, 1.807) is 0 Å². The number of nitrogens with one attached hydrogen (secondary N) is 1. The van der Waals surface area contributed by atoms with Gasteiger partial charge in [0, 0.05) is 11.3 Å². The third-order valence-electron chi connectivity index (χ3n) is 2.85. The van der Waals surface area contributed by atoms with Crippen LogP contribution in [-0.4, -0.2) is 25.2 Å². The van der Waals surface area contributed by atoms with Crippen molar-refractivity contribution < 1.29 is 14.3 Å². The fraction of sp³-hybridized carbons (Fsp3) is 0.462. The van der Waals surface area contributed by atoms with Gasteiger partial charge in [-0.15, -0.1) is 0 Å². The fourth-order valence-corrected chi connectivity index (χ4v) is 1.69. The van der Waals surface area contributed by atoms with Crippen molar-refractivity contribution in [1.82, 2.24) is 0 Å². The van der Waals surface area contributed by atoms with Gasteiger partial charge in [-0.2, -0.15) is 0 Å². The van der Waals surface area contributed by atoms with Crippen LogP contribution in [0.15, 0.2) is 24.3 Å². The van der Waals surface area contributed by atoms with E-state index in [2.05, 4.69) is 5.32 Å². The number of hydrogen-bond acceptors (Lipinski definition) is 4. The molecule has 0 aliphatic carbocycles. The van der Waals surface area contributed by atoms with Gasteiger partial charge < -0.3 is 20.5 Å². The Bertz CT molecular complexity index is 399. The first-order valence-electron chi connectivity index (χ1n) is 6.10. The minimum absolute atomic E-state index is 0.168. The van der Waals surface area contributed by atoms with Crippen molar-refractivity contribution >= 4 is 11.6 Å². The van der Waals surface area contributed by atoms with Gasteiger partial charge in [0.15, 0.2) is 6.29 Å². The molecule has 0 aromatic heterocycles. The molecular weight excluding hydrogens is 232 g/mol. The lowest BCUT2D eigenvalue weighted by molar-refractivity contribution is -0.117. The molecule has 0 radical (unpaired) electrons. The second-order valence-corrected chi connectivity index (χ2v) is 4.20. The summed E-state index contributed by atoms with van der Waals surface area (Å²) in [7, 11) is 0. The van der Waals surface area contributed by atoms with Gasteiger partial charge in [0.25, 0.3) is 0 Å². The molecule has 5 heteroatoms. The summed E-state index contributed by atoms with van der Waals surface area (Å²) in [5, 5.41) is 2.76. The maximum Gasteiger partial charge on any atom is 0.241 e. The Kier molecular flexibility index (Phi) is 4.30. The Morgan fingerprint density at radius 1 is 1.39 bits per heavy atom. The van der Waals surface area contributed by atoms with E-state index >= 15 is 0 Å². The number of ether oxygens (including phenoxy) is 2. The van der Waals surface area contributed by atoms with E-state index in [9.17, 15) is 4.79 Å². The highest BCUT2D eigenvalue weighted by Gasteiger charge is 2.18. The number of carbonyl (C=O) groups is 1. The predicted molar refractivity (Wildman–Crippen MR) is 68.0 cm³/mol. The molecule has 0 saturated carbocycles. The quantitative estimate of drug-likeness (QED) is 0.847. The number of hydrogen-bond donors (Lipinski definition) is 2. The van der Waals surface area contributed by atoms with Gasteiger partial charge in [-0.05, 0) is 18.6 Å². The largest absolute Gasteiger partial charge is 0.346 e. The summed E-state index contributed by atoms with van der Waals surface area (Å²) in [5.74, 6) is -0.168. The molecule has 0 bridgehead atoms. The van der Waals surface area contributed by atoms with Crippen LogP contribution in [0.3, 0.4) is 0 Å². The first-order valence-corrected chi connectivity index (χ1v) is 6.10. The molecule has 1 amide bonds. The van der Waals surface area contributed by atoms with E-state index in [1.807, 2.05) is 31.2 Å². The Morgan fingerprint density at radius 3 is 2.56 bits per heavy atom. The zero-order valence-corrected chi connectivity index (χ0v) is 10.4. The average Bonchev–Trinajstić information content (AvgIpc) is 2.92. The van der Waals surface area contributed by atoms with E-state index in [0.29, 0.717) is 19.6 Å². The number of carbonyl (C=O) groups excluding carboxylic acids is 1. The Balaban J connectivity index is 1.97. The van der Waals surface area contributed by atoms with Gasteiger partial charge in [-0.25, -0.2) is 0 Å². The molecule has 1 aromatic rings. The maximum atomic E-state index is 11.6. The van der Waals surface area contributed by atoms with Gasteiger partial charge in [-0.1, -0.05) is 19.1 Å². The lowest BCUT2D eigenvalue weighted by Crippen LogP contribution is -2.34. The van der Waals surface area contributed by atoms with Gasteiger partial charge in [0.05, 0.1) is 19.3 Å². The van der Waals surface area contributed by atoms with Crippen molar-refractivity contribution in [2.75, 3.05) is 18.5 Å². The topological polar surface area (TPSA) is 73.6 Å². The van der Waals surface area contributed by atoms with Gasteiger partial charge in [-0.3, -0.25) is 4.79 Å². The summed E-state index contributed by atoms with van der Waals surface area (Å²) < 4.78 is 10.8. The Labute approximate surface area is 106 Å². The normalized spacial score (nSPS) is 17.7. The van der Waals surface area contributed by atoms with Crippen molar-refractivity contribution in [3.8, 4) is 0 Å². The maximum absolute atomic E-state index is 11.6. The summed E-state index contributed by atoms with van der Waals surface area (Å²) in [6.07, 6.45) is 0.334. The van der Waals surface area contributed by atoms with Crippen molar-refractivity contribution in [1.29, 1.82) is 0 Å². The Morgan fingerprint density at radius 2 is 2.00 bits per heavy atom. The van der Waals surface area contributed by atoms with E-state index in [1.165, 1.54) is 0 Å². The monoisotopic (exact) mass is 250 g/mol. The van der Waals surface area contributed by atoms with E-state index in [0.717, 1.165) is 11.3 Å². The molecule has 1 saturated heterocycles. The second kappa shape index (κ2) is 5.95. The zero-order valence-electron chi connectivity index (χ0n) is 10.4. The average molecular weight is 250 g/mol. The molecule has 1 aromatic carbocycles. The summed E-state index contributed by atoms with van der Waals surface area (Å²) in [6, 6.07) is 6.93. The lowest BCUT2D eigenvalue weighted by atomic mass is 10.2. The van der Waals surface area contributed by atoms with Crippen LogP contribution >= 0.6 is 0 Å². The van der Waals surface area contributed by atoms with Crippen molar-refractivity contribution in [3.63, 3.8) is 0 Å². The van der Waals surface area contributed by atoms with Crippen LogP contribution in [0, 0.1) is 0 Å². The van der Waals surface area contributed by atoms with Gasteiger partial charge in [0.1, 0.15) is 0 Å². The molecule has 1 aliphatic rings. The highest BCUT2D eigenvalue weighted by molar-refractivity contribution is 5.94. The molecule has 1 fully saturated rings. The van der Waals surface area contributed by atoms with Crippen LogP contribution in [0.25, 0.3) is 0 Å². The molecule has 2 rings (SSSR count). The highest BCUT2D eigenvalue weighted by atomic mass is 16.7. The third kappa shape index (κ3) is 3.07. The van der Waals surface area contributed by atoms with Crippen molar-refractivity contribution in [2.45, 2.75) is 25.7 Å². The highest BCUT2D eigenvalue weighted by Crippen LogP contribution is 2.24. The molecule has 5 nitrogen and oxygen atoms in total. The molecule has 98 valence electrons. The fourth-order valence-electron chi connectivity index (χ4n) is 1.69. The van der Waals surface area contributed by atoms with Crippen LogP contribution in [0.1, 0.15) is 25.2 Å². The second-order valence-electron chi connectivity index (χ2n) is 4.20. The van der Waals surface area contributed by atoms with Crippen LogP contribution in [-0.2, 0) is 14.3 Å².